The topological polar surface area (TPSA) is 67.3 Å². The van der Waals surface area contributed by atoms with E-state index in [1.165, 1.54) is 23.1 Å². The summed E-state index contributed by atoms with van der Waals surface area (Å²) in [6.45, 7) is 6.56. The van der Waals surface area contributed by atoms with Crippen molar-refractivity contribution in [1.29, 1.82) is 0 Å². The number of ether oxygens (including phenoxy) is 1. The highest BCUT2D eigenvalue weighted by atomic mass is 32.2. The van der Waals surface area contributed by atoms with Gasteiger partial charge in [0.25, 0.3) is 0 Å². The SMILES string of the molecule is CCOc1ccccc1Nc1nnc(SCC(=O)N(c2ccccc2)C(C)C)s1. The molecular formula is C21H24N4O2S2. The van der Waals surface area contributed by atoms with Gasteiger partial charge in [0.05, 0.1) is 18.0 Å². The van der Waals surface area contributed by atoms with Crippen LogP contribution in [0.1, 0.15) is 20.8 Å². The summed E-state index contributed by atoms with van der Waals surface area (Å²) < 4.78 is 6.37. The summed E-state index contributed by atoms with van der Waals surface area (Å²) in [4.78, 5) is 14.6. The Labute approximate surface area is 179 Å². The highest BCUT2D eigenvalue weighted by Gasteiger charge is 2.20. The third-order valence-electron chi connectivity index (χ3n) is 3.97. The third-order valence-corrected chi connectivity index (χ3v) is 5.93. The van der Waals surface area contributed by atoms with Gasteiger partial charge in [0.2, 0.25) is 11.0 Å². The van der Waals surface area contributed by atoms with E-state index in [0.717, 1.165) is 21.5 Å². The molecule has 1 heterocycles. The van der Waals surface area contributed by atoms with Crippen LogP contribution in [-0.2, 0) is 4.79 Å². The molecular weight excluding hydrogens is 404 g/mol. The first-order valence-corrected chi connectivity index (χ1v) is 11.2. The number of amides is 1. The van der Waals surface area contributed by atoms with Crippen molar-refractivity contribution in [3.8, 4) is 5.75 Å². The number of aromatic nitrogens is 2. The average Bonchev–Trinajstić information content (AvgIpc) is 3.16. The molecule has 6 nitrogen and oxygen atoms in total. The van der Waals surface area contributed by atoms with Crippen LogP contribution in [0.25, 0.3) is 0 Å². The molecule has 0 saturated carbocycles. The molecule has 0 unspecified atom stereocenters. The van der Waals surface area contributed by atoms with Crippen molar-refractivity contribution in [2.24, 2.45) is 0 Å². The van der Waals surface area contributed by atoms with Gasteiger partial charge in [-0.2, -0.15) is 0 Å². The number of benzene rings is 2. The zero-order chi connectivity index (χ0) is 20.6. The summed E-state index contributed by atoms with van der Waals surface area (Å²) in [5, 5.41) is 12.3. The van der Waals surface area contributed by atoms with E-state index in [1.54, 1.807) is 0 Å². The van der Waals surface area contributed by atoms with E-state index in [1.807, 2.05) is 80.3 Å². The second-order valence-corrected chi connectivity index (χ2v) is 8.61. The van der Waals surface area contributed by atoms with Gasteiger partial charge in [-0.1, -0.05) is 53.4 Å². The maximum Gasteiger partial charge on any atom is 0.237 e. The minimum atomic E-state index is 0.0441. The summed E-state index contributed by atoms with van der Waals surface area (Å²) in [5.41, 5.74) is 1.74. The van der Waals surface area contributed by atoms with Crippen LogP contribution in [0.2, 0.25) is 0 Å². The summed E-state index contributed by atoms with van der Waals surface area (Å²) in [6.07, 6.45) is 0. The summed E-state index contributed by atoms with van der Waals surface area (Å²) in [5.74, 6) is 1.12. The second kappa shape index (κ2) is 10.3. The van der Waals surface area contributed by atoms with Crippen LogP contribution in [0.15, 0.2) is 58.9 Å². The Morgan fingerprint density at radius 2 is 1.86 bits per heavy atom. The number of anilines is 3. The lowest BCUT2D eigenvalue weighted by Crippen LogP contribution is -2.38. The zero-order valence-corrected chi connectivity index (χ0v) is 18.3. The Hall–Kier alpha value is -2.58. The first-order valence-electron chi connectivity index (χ1n) is 9.40. The molecule has 0 aliphatic rings. The summed E-state index contributed by atoms with van der Waals surface area (Å²) in [7, 11) is 0. The number of carbonyl (C=O) groups is 1. The number of rotatable bonds is 9. The maximum atomic E-state index is 12.8. The Morgan fingerprint density at radius 1 is 1.14 bits per heavy atom. The first-order chi connectivity index (χ1) is 14.1. The number of nitrogens with one attached hydrogen (secondary N) is 1. The van der Waals surface area contributed by atoms with E-state index in [0.29, 0.717) is 17.5 Å². The van der Waals surface area contributed by atoms with Crippen LogP contribution >= 0.6 is 23.1 Å². The van der Waals surface area contributed by atoms with E-state index >= 15 is 0 Å². The predicted molar refractivity (Wildman–Crippen MR) is 121 cm³/mol. The molecule has 0 atom stereocenters. The van der Waals surface area contributed by atoms with E-state index in [-0.39, 0.29) is 11.9 Å². The molecule has 2 aromatic carbocycles. The van der Waals surface area contributed by atoms with Crippen LogP contribution in [0.3, 0.4) is 0 Å². The monoisotopic (exact) mass is 428 g/mol. The zero-order valence-electron chi connectivity index (χ0n) is 16.7. The minimum absolute atomic E-state index is 0.0441. The van der Waals surface area contributed by atoms with Gasteiger partial charge in [0.1, 0.15) is 5.75 Å². The molecule has 0 radical (unpaired) electrons. The van der Waals surface area contributed by atoms with Gasteiger partial charge in [-0.3, -0.25) is 4.79 Å². The van der Waals surface area contributed by atoms with Gasteiger partial charge < -0.3 is 15.0 Å². The van der Waals surface area contributed by atoms with Gasteiger partial charge in [-0.05, 0) is 45.0 Å². The fourth-order valence-corrected chi connectivity index (χ4v) is 4.42. The van der Waals surface area contributed by atoms with Gasteiger partial charge in [-0.25, -0.2) is 0 Å². The lowest BCUT2D eigenvalue weighted by molar-refractivity contribution is -0.116. The molecule has 8 heteroatoms. The van der Waals surface area contributed by atoms with Crippen LogP contribution in [0.4, 0.5) is 16.5 Å². The quantitative estimate of drug-likeness (QED) is 0.472. The highest BCUT2D eigenvalue weighted by molar-refractivity contribution is 8.01. The highest BCUT2D eigenvalue weighted by Crippen LogP contribution is 2.32. The lowest BCUT2D eigenvalue weighted by Gasteiger charge is -2.26. The second-order valence-electron chi connectivity index (χ2n) is 6.41. The molecule has 0 spiro atoms. The van der Waals surface area contributed by atoms with Crippen molar-refractivity contribution in [3.63, 3.8) is 0 Å². The van der Waals surface area contributed by atoms with Crippen LogP contribution < -0.4 is 15.0 Å². The van der Waals surface area contributed by atoms with Crippen LogP contribution in [-0.4, -0.2) is 34.5 Å². The normalized spacial score (nSPS) is 10.8. The van der Waals surface area contributed by atoms with Gasteiger partial charge in [-0.15, -0.1) is 10.2 Å². The number of thioether (sulfide) groups is 1. The molecule has 1 aromatic heterocycles. The molecule has 3 rings (SSSR count). The number of nitrogens with zero attached hydrogens (tertiary/aromatic N) is 3. The minimum Gasteiger partial charge on any atom is -0.492 e. The number of hydrogen-bond acceptors (Lipinski definition) is 7. The van der Waals surface area contributed by atoms with Crippen molar-refractivity contribution in [3.05, 3.63) is 54.6 Å². The average molecular weight is 429 g/mol. The van der Waals surface area contributed by atoms with Crippen molar-refractivity contribution in [2.45, 2.75) is 31.2 Å². The van der Waals surface area contributed by atoms with E-state index < -0.39 is 0 Å². The lowest BCUT2D eigenvalue weighted by atomic mass is 10.2. The number of hydrogen-bond donors (Lipinski definition) is 1. The van der Waals surface area contributed by atoms with Crippen molar-refractivity contribution < 1.29 is 9.53 Å². The molecule has 0 aliphatic heterocycles. The number of para-hydroxylation sites is 3. The number of carbonyl (C=O) groups excluding carboxylic acids is 1. The molecule has 152 valence electrons. The largest absolute Gasteiger partial charge is 0.492 e. The van der Waals surface area contributed by atoms with Crippen molar-refractivity contribution in [1.82, 2.24) is 10.2 Å². The Bertz CT molecular complexity index is 931. The Morgan fingerprint density at radius 3 is 2.59 bits per heavy atom. The first kappa shape index (κ1) is 21.1. The fourth-order valence-electron chi connectivity index (χ4n) is 2.80. The maximum absolute atomic E-state index is 12.8. The Balaban J connectivity index is 1.62. The van der Waals surface area contributed by atoms with Crippen molar-refractivity contribution in [2.75, 3.05) is 22.6 Å². The molecule has 0 saturated heterocycles. The standard InChI is InChI=1S/C21H24N4O2S2/c1-4-27-18-13-9-8-12-17(18)22-20-23-24-21(29-20)28-14-19(26)25(15(2)3)16-10-6-5-7-11-16/h5-13,15H,4,14H2,1-3H3,(H,22,23). The smallest absolute Gasteiger partial charge is 0.237 e. The van der Waals surface area contributed by atoms with Gasteiger partial charge >= 0.3 is 0 Å². The third kappa shape index (κ3) is 5.71. The fraction of sp³-hybridized carbons (Fsp3) is 0.286. The van der Waals surface area contributed by atoms with Gasteiger partial charge in [0.15, 0.2) is 4.34 Å². The van der Waals surface area contributed by atoms with Crippen LogP contribution in [0.5, 0.6) is 5.75 Å². The van der Waals surface area contributed by atoms with Crippen molar-refractivity contribution >= 4 is 45.5 Å². The van der Waals surface area contributed by atoms with E-state index in [4.69, 9.17) is 4.74 Å². The molecule has 1 amide bonds. The molecule has 0 bridgehead atoms. The van der Waals surface area contributed by atoms with Crippen LogP contribution in [0, 0.1) is 0 Å². The molecule has 0 aliphatic carbocycles. The molecule has 29 heavy (non-hydrogen) atoms. The molecule has 0 fully saturated rings. The molecule has 3 aromatic rings. The summed E-state index contributed by atoms with van der Waals surface area (Å²) in [6, 6.07) is 17.5. The molecule has 1 N–H and O–H groups in total. The van der Waals surface area contributed by atoms with E-state index in [9.17, 15) is 4.79 Å². The Kier molecular flexibility index (Phi) is 7.48. The van der Waals surface area contributed by atoms with Gasteiger partial charge in [0, 0.05) is 11.7 Å². The summed E-state index contributed by atoms with van der Waals surface area (Å²) >= 11 is 2.81. The van der Waals surface area contributed by atoms with E-state index in [2.05, 4.69) is 15.5 Å². The predicted octanol–water partition coefficient (Wildman–Crippen LogP) is 5.21.